The smallest absolute Gasteiger partial charge is 0.338 e. The van der Waals surface area contributed by atoms with Crippen LogP contribution in [0.3, 0.4) is 0 Å². The van der Waals surface area contributed by atoms with Crippen molar-refractivity contribution in [2.75, 3.05) is 0 Å². The molecule has 1 rings (SSSR count). The Bertz CT molecular complexity index is 286. The third-order valence-electron chi connectivity index (χ3n) is 0.808. The largest absolute Gasteiger partial charge is 0.478 e. The summed E-state index contributed by atoms with van der Waals surface area (Å²) in [6, 6.07) is 0. The lowest BCUT2D eigenvalue weighted by molar-refractivity contribution is 0.0696. The van der Waals surface area contributed by atoms with Gasteiger partial charge in [0.05, 0.1) is 5.56 Å². The molecule has 6 nitrogen and oxygen atoms in total. The van der Waals surface area contributed by atoms with E-state index in [0.717, 1.165) is 0 Å². The number of nitrogens with zero attached hydrogens (tertiary/aromatic N) is 2. The second-order valence-corrected chi connectivity index (χ2v) is 2.31. The lowest BCUT2D eigenvalue weighted by Gasteiger charge is -1.86. The summed E-state index contributed by atoms with van der Waals surface area (Å²) in [6.07, 6.45) is 3.77. The summed E-state index contributed by atoms with van der Waals surface area (Å²) in [5.74, 6) is -1.00. The number of carboxylic acids is 1. The second kappa shape index (κ2) is 5.84. The topological polar surface area (TPSA) is 115 Å². The van der Waals surface area contributed by atoms with Gasteiger partial charge in [0.2, 0.25) is 0 Å². The zero-order valence-electron chi connectivity index (χ0n) is 6.54. The lowest BCUT2D eigenvalue weighted by atomic mass is 10.4. The minimum absolute atomic E-state index is 0.000000000000000222. The van der Waals surface area contributed by atoms with Crippen LogP contribution in [0.4, 0.5) is 0 Å². The van der Waals surface area contributed by atoms with E-state index in [1.807, 2.05) is 0 Å². The Morgan fingerprint density at radius 1 is 1.38 bits per heavy atom. The molecule has 0 fully saturated rings. The van der Waals surface area contributed by atoms with Crippen LogP contribution in [0.1, 0.15) is 10.4 Å². The molecular weight excluding hydrogens is 192 g/mol. The molecule has 0 saturated heterocycles. The monoisotopic (exact) mass is 200 g/mol. The highest BCUT2D eigenvalue weighted by Gasteiger charge is 1.98. The maximum absolute atomic E-state index is 10.1. The Hall–Kier alpha value is -1.76. The average Bonchev–Trinajstić information content (AvgIpc) is 2.05. The molecule has 0 radical (unpaired) electrons. The van der Waals surface area contributed by atoms with Crippen molar-refractivity contribution in [2.45, 2.75) is 0 Å². The first-order valence-corrected chi connectivity index (χ1v) is 3.48. The minimum Gasteiger partial charge on any atom is -0.478 e. The van der Waals surface area contributed by atoms with Gasteiger partial charge in [-0.3, -0.25) is 0 Å². The number of aromatic nitrogens is 2. The lowest BCUT2D eigenvalue weighted by Crippen LogP contribution is -2.18. The number of rotatable bonds is 1. The molecule has 5 N–H and O–H groups in total. The van der Waals surface area contributed by atoms with E-state index in [1.54, 1.807) is 0 Å². The summed E-state index contributed by atoms with van der Waals surface area (Å²) < 4.78 is 0. The molecule has 70 valence electrons. The molecule has 1 aromatic heterocycles. The summed E-state index contributed by atoms with van der Waals surface area (Å²) in [4.78, 5) is 17.1. The predicted octanol–water partition coefficient (Wildman–Crippen LogP) is -0.636. The zero-order valence-corrected chi connectivity index (χ0v) is 7.36. The first-order valence-electron chi connectivity index (χ1n) is 3.07. The SMILES string of the molecule is NC(N)=S.O=C(O)c1cncnc1. The highest BCUT2D eigenvalue weighted by molar-refractivity contribution is 7.80. The number of aromatic carboxylic acids is 1. The van der Waals surface area contributed by atoms with Crippen molar-refractivity contribution < 1.29 is 9.90 Å². The van der Waals surface area contributed by atoms with Gasteiger partial charge >= 0.3 is 5.97 Å². The van der Waals surface area contributed by atoms with Crippen molar-refractivity contribution >= 4 is 23.3 Å². The Kier molecular flexibility index (Phi) is 5.05. The summed E-state index contributed by atoms with van der Waals surface area (Å²) in [6.45, 7) is 0. The summed E-state index contributed by atoms with van der Waals surface area (Å²) in [5, 5.41) is 8.30. The van der Waals surface area contributed by atoms with Gasteiger partial charge in [0, 0.05) is 12.4 Å². The fraction of sp³-hybridized carbons (Fsp3) is 0. The number of hydrogen-bond donors (Lipinski definition) is 3. The van der Waals surface area contributed by atoms with Crippen LogP contribution >= 0.6 is 12.2 Å². The van der Waals surface area contributed by atoms with E-state index >= 15 is 0 Å². The molecule has 0 spiro atoms. The van der Waals surface area contributed by atoms with E-state index in [9.17, 15) is 4.79 Å². The molecule has 0 saturated carbocycles. The van der Waals surface area contributed by atoms with Crippen LogP contribution in [-0.4, -0.2) is 26.2 Å². The average molecular weight is 200 g/mol. The molecule has 13 heavy (non-hydrogen) atoms. The van der Waals surface area contributed by atoms with Crippen LogP contribution in [0.15, 0.2) is 18.7 Å². The number of carboxylic acid groups (broad SMARTS) is 1. The van der Waals surface area contributed by atoms with E-state index in [1.165, 1.54) is 18.7 Å². The Morgan fingerprint density at radius 2 is 1.77 bits per heavy atom. The normalized spacial score (nSPS) is 8.00. The van der Waals surface area contributed by atoms with Crippen molar-refractivity contribution in [1.82, 2.24) is 9.97 Å². The van der Waals surface area contributed by atoms with Gasteiger partial charge in [-0.15, -0.1) is 0 Å². The molecule has 0 aliphatic rings. The standard InChI is InChI=1S/C5H4N2O2.CH4N2S/c8-5(9)4-1-6-3-7-2-4;2-1(3)4/h1-3H,(H,8,9);(H4,2,3,4). The molecule has 1 aromatic rings. The summed E-state index contributed by atoms with van der Waals surface area (Å²) in [7, 11) is 0. The molecular formula is C6H8N4O2S. The third kappa shape index (κ3) is 6.63. The van der Waals surface area contributed by atoms with Gasteiger partial charge in [-0.05, 0) is 12.2 Å². The predicted molar refractivity (Wildman–Crippen MR) is 50.0 cm³/mol. The molecule has 1 heterocycles. The van der Waals surface area contributed by atoms with Crippen molar-refractivity contribution in [3.05, 3.63) is 24.3 Å². The first-order chi connectivity index (χ1) is 6.04. The molecule has 0 aromatic carbocycles. The fourth-order valence-corrected chi connectivity index (χ4v) is 0.410. The van der Waals surface area contributed by atoms with E-state index < -0.39 is 5.97 Å². The minimum atomic E-state index is -1.00. The Labute approximate surface area is 79.6 Å². The third-order valence-corrected chi connectivity index (χ3v) is 0.808. The van der Waals surface area contributed by atoms with Gasteiger partial charge in [-0.25, -0.2) is 14.8 Å². The van der Waals surface area contributed by atoms with Crippen LogP contribution in [0.5, 0.6) is 0 Å². The molecule has 0 aliphatic carbocycles. The maximum Gasteiger partial charge on any atom is 0.338 e. The first kappa shape index (κ1) is 11.2. The van der Waals surface area contributed by atoms with E-state index in [4.69, 9.17) is 5.11 Å². The number of hydrogen-bond acceptors (Lipinski definition) is 4. The number of thiocarbonyl (C=S) groups is 1. The van der Waals surface area contributed by atoms with Crippen LogP contribution in [-0.2, 0) is 0 Å². The van der Waals surface area contributed by atoms with Crippen LogP contribution in [0, 0.1) is 0 Å². The van der Waals surface area contributed by atoms with Crippen molar-refractivity contribution in [2.24, 2.45) is 11.5 Å². The molecule has 0 bridgehead atoms. The van der Waals surface area contributed by atoms with Crippen LogP contribution in [0.2, 0.25) is 0 Å². The molecule has 0 atom stereocenters. The number of carbonyl (C=O) groups is 1. The molecule has 0 aliphatic heterocycles. The van der Waals surface area contributed by atoms with Crippen molar-refractivity contribution in [3.8, 4) is 0 Å². The summed E-state index contributed by atoms with van der Waals surface area (Å²) in [5.41, 5.74) is 9.35. The quantitative estimate of drug-likeness (QED) is 0.516. The highest BCUT2D eigenvalue weighted by atomic mass is 32.1. The second-order valence-electron chi connectivity index (χ2n) is 1.83. The van der Waals surface area contributed by atoms with Gasteiger partial charge < -0.3 is 16.6 Å². The van der Waals surface area contributed by atoms with Crippen molar-refractivity contribution in [1.29, 1.82) is 0 Å². The fourth-order valence-electron chi connectivity index (χ4n) is 0.410. The Morgan fingerprint density at radius 3 is 2.00 bits per heavy atom. The van der Waals surface area contributed by atoms with Crippen LogP contribution in [0.25, 0.3) is 0 Å². The van der Waals surface area contributed by atoms with Gasteiger partial charge in [-0.2, -0.15) is 0 Å². The van der Waals surface area contributed by atoms with E-state index in [0.29, 0.717) is 0 Å². The van der Waals surface area contributed by atoms with Gasteiger partial charge in [0.25, 0.3) is 0 Å². The zero-order chi connectivity index (χ0) is 10.3. The number of nitrogens with two attached hydrogens (primary N) is 2. The van der Waals surface area contributed by atoms with Gasteiger partial charge in [0.1, 0.15) is 6.33 Å². The summed E-state index contributed by atoms with van der Waals surface area (Å²) >= 11 is 4.09. The van der Waals surface area contributed by atoms with E-state index in [-0.39, 0.29) is 10.7 Å². The maximum atomic E-state index is 10.1. The van der Waals surface area contributed by atoms with Crippen LogP contribution < -0.4 is 11.5 Å². The molecule has 0 unspecified atom stereocenters. The van der Waals surface area contributed by atoms with Crippen molar-refractivity contribution in [3.63, 3.8) is 0 Å². The Balaban J connectivity index is 0.000000310. The van der Waals surface area contributed by atoms with Gasteiger partial charge in [-0.1, -0.05) is 0 Å². The van der Waals surface area contributed by atoms with Gasteiger partial charge in [0.15, 0.2) is 5.11 Å². The molecule has 0 amide bonds. The highest BCUT2D eigenvalue weighted by Crippen LogP contribution is 1.89. The van der Waals surface area contributed by atoms with E-state index in [2.05, 4.69) is 33.7 Å². The molecule has 7 heteroatoms.